The zero-order valence-corrected chi connectivity index (χ0v) is 20.1. The molecule has 10 nitrogen and oxygen atoms in total. The Morgan fingerprint density at radius 1 is 0.917 bits per heavy atom. The molecule has 2 heterocycles. The monoisotopic (exact) mass is 490 g/mol. The van der Waals surface area contributed by atoms with Crippen LogP contribution in [0.3, 0.4) is 0 Å². The number of nitrogens with one attached hydrogen (secondary N) is 2. The molecular weight excluding hydrogens is 460 g/mol. The Balaban J connectivity index is 1.43. The molecule has 1 aliphatic rings. The van der Waals surface area contributed by atoms with Gasteiger partial charge in [-0.1, -0.05) is 36.4 Å². The number of phenolic OH excluding ortho intramolecular Hbond substituents is 2. The first-order valence-corrected chi connectivity index (χ1v) is 11.9. The summed E-state index contributed by atoms with van der Waals surface area (Å²) in [6, 6.07) is 16.0. The standard InChI is InChI=1S/C26H30N6O4/c1-18(33)27-9-10-28-23-17-24(30-26(29-23)20-5-3-2-4-6-20)31-11-13-32(14-12-31)25(36)16-19-7-8-21(34)22(35)15-19/h2-8,15,17,34-35H,9-14,16H2,1H3,(H,27,33)(H,28,29,30). The lowest BCUT2D eigenvalue weighted by Crippen LogP contribution is -2.49. The summed E-state index contributed by atoms with van der Waals surface area (Å²) in [5.74, 6) is 1.47. The van der Waals surface area contributed by atoms with Gasteiger partial charge in [0.05, 0.1) is 6.42 Å². The summed E-state index contributed by atoms with van der Waals surface area (Å²) < 4.78 is 0. The van der Waals surface area contributed by atoms with Gasteiger partial charge in [0, 0.05) is 57.8 Å². The number of phenols is 2. The minimum Gasteiger partial charge on any atom is -0.504 e. The van der Waals surface area contributed by atoms with Gasteiger partial charge < -0.3 is 30.6 Å². The molecule has 2 aromatic carbocycles. The largest absolute Gasteiger partial charge is 0.504 e. The molecule has 3 aromatic rings. The Labute approximate surface area is 209 Å². The quantitative estimate of drug-likeness (QED) is 0.279. The summed E-state index contributed by atoms with van der Waals surface area (Å²) in [5.41, 5.74) is 1.55. The predicted molar refractivity (Wildman–Crippen MR) is 137 cm³/mol. The summed E-state index contributed by atoms with van der Waals surface area (Å²) in [7, 11) is 0. The Morgan fingerprint density at radius 2 is 1.67 bits per heavy atom. The number of carbonyl (C=O) groups excluding carboxylic acids is 2. The van der Waals surface area contributed by atoms with Crippen LogP contribution in [0.25, 0.3) is 11.4 Å². The van der Waals surface area contributed by atoms with Gasteiger partial charge in [0.1, 0.15) is 11.6 Å². The van der Waals surface area contributed by atoms with Crippen LogP contribution in [0.1, 0.15) is 12.5 Å². The van der Waals surface area contributed by atoms with Crippen molar-refractivity contribution in [2.45, 2.75) is 13.3 Å². The van der Waals surface area contributed by atoms with E-state index < -0.39 is 0 Å². The normalized spacial score (nSPS) is 13.4. The third-order valence-electron chi connectivity index (χ3n) is 5.90. The smallest absolute Gasteiger partial charge is 0.227 e. The number of nitrogens with zero attached hydrogens (tertiary/aromatic N) is 4. The molecule has 4 N–H and O–H groups in total. The van der Waals surface area contributed by atoms with Gasteiger partial charge in [-0.15, -0.1) is 0 Å². The molecule has 36 heavy (non-hydrogen) atoms. The van der Waals surface area contributed by atoms with Crippen LogP contribution in [-0.2, 0) is 16.0 Å². The minimum atomic E-state index is -0.232. The minimum absolute atomic E-state index is 0.0345. The number of aromatic nitrogens is 2. The van der Waals surface area contributed by atoms with Crippen molar-refractivity contribution in [3.8, 4) is 22.9 Å². The molecule has 0 spiro atoms. The van der Waals surface area contributed by atoms with E-state index in [4.69, 9.17) is 4.98 Å². The molecule has 0 bridgehead atoms. The van der Waals surface area contributed by atoms with Gasteiger partial charge in [0.25, 0.3) is 0 Å². The Hall–Kier alpha value is -4.34. The number of rotatable bonds is 8. The average molecular weight is 491 g/mol. The van der Waals surface area contributed by atoms with Crippen LogP contribution in [0.5, 0.6) is 11.5 Å². The highest BCUT2D eigenvalue weighted by Gasteiger charge is 2.23. The van der Waals surface area contributed by atoms with E-state index in [2.05, 4.69) is 20.5 Å². The topological polar surface area (TPSA) is 131 Å². The van der Waals surface area contributed by atoms with Gasteiger partial charge in [-0.2, -0.15) is 0 Å². The lowest BCUT2D eigenvalue weighted by molar-refractivity contribution is -0.130. The Bertz CT molecular complexity index is 1210. The maximum atomic E-state index is 12.8. The lowest BCUT2D eigenvalue weighted by atomic mass is 10.1. The number of benzene rings is 2. The van der Waals surface area contributed by atoms with E-state index in [0.29, 0.717) is 56.5 Å². The molecule has 1 aliphatic heterocycles. The summed E-state index contributed by atoms with van der Waals surface area (Å²) in [6.07, 6.45) is 0.155. The van der Waals surface area contributed by atoms with Gasteiger partial charge >= 0.3 is 0 Å². The maximum absolute atomic E-state index is 12.8. The van der Waals surface area contributed by atoms with Gasteiger partial charge in [0.15, 0.2) is 17.3 Å². The number of amides is 2. The molecule has 1 aromatic heterocycles. The molecule has 4 rings (SSSR count). The molecule has 2 amide bonds. The van der Waals surface area contributed by atoms with E-state index in [9.17, 15) is 19.8 Å². The maximum Gasteiger partial charge on any atom is 0.227 e. The number of hydrogen-bond donors (Lipinski definition) is 4. The highest BCUT2D eigenvalue weighted by atomic mass is 16.3. The van der Waals surface area contributed by atoms with Crippen molar-refractivity contribution in [2.75, 3.05) is 49.5 Å². The predicted octanol–water partition coefficient (Wildman–Crippen LogP) is 1.99. The second-order valence-corrected chi connectivity index (χ2v) is 8.58. The highest BCUT2D eigenvalue weighted by Crippen LogP contribution is 2.26. The van der Waals surface area contributed by atoms with Crippen LogP contribution < -0.4 is 15.5 Å². The third kappa shape index (κ3) is 6.41. The summed E-state index contributed by atoms with van der Waals surface area (Å²) in [5, 5.41) is 25.2. The Kier molecular flexibility index (Phi) is 7.84. The number of piperazine rings is 1. The van der Waals surface area contributed by atoms with Gasteiger partial charge in [0.2, 0.25) is 11.8 Å². The van der Waals surface area contributed by atoms with Crippen LogP contribution in [0.2, 0.25) is 0 Å². The van der Waals surface area contributed by atoms with Crippen LogP contribution >= 0.6 is 0 Å². The van der Waals surface area contributed by atoms with Crippen LogP contribution in [0.4, 0.5) is 11.6 Å². The highest BCUT2D eigenvalue weighted by molar-refractivity contribution is 5.79. The van der Waals surface area contributed by atoms with Crippen molar-refractivity contribution >= 4 is 23.5 Å². The number of hydrogen-bond acceptors (Lipinski definition) is 8. The number of anilines is 2. The fourth-order valence-electron chi connectivity index (χ4n) is 3.98. The van der Waals surface area contributed by atoms with E-state index in [1.54, 1.807) is 11.0 Å². The van der Waals surface area contributed by atoms with Gasteiger partial charge in [-0.05, 0) is 17.7 Å². The van der Waals surface area contributed by atoms with Gasteiger partial charge in [-0.25, -0.2) is 9.97 Å². The first kappa shape index (κ1) is 24.8. The van der Waals surface area contributed by atoms with E-state index >= 15 is 0 Å². The van der Waals surface area contributed by atoms with Crippen molar-refractivity contribution in [2.24, 2.45) is 0 Å². The van der Waals surface area contributed by atoms with E-state index in [-0.39, 0.29) is 29.7 Å². The van der Waals surface area contributed by atoms with Crippen molar-refractivity contribution in [3.63, 3.8) is 0 Å². The summed E-state index contributed by atoms with van der Waals surface area (Å²) in [4.78, 5) is 37.3. The molecular formula is C26H30N6O4. The van der Waals surface area contributed by atoms with E-state index in [1.165, 1.54) is 19.1 Å². The van der Waals surface area contributed by atoms with Crippen LogP contribution in [0, 0.1) is 0 Å². The lowest BCUT2D eigenvalue weighted by Gasteiger charge is -2.35. The molecule has 0 radical (unpaired) electrons. The first-order chi connectivity index (χ1) is 17.4. The van der Waals surface area contributed by atoms with E-state index in [0.717, 1.165) is 11.4 Å². The molecule has 0 atom stereocenters. The number of carbonyl (C=O) groups is 2. The number of aromatic hydroxyl groups is 2. The molecule has 10 heteroatoms. The molecule has 1 saturated heterocycles. The zero-order chi connectivity index (χ0) is 25.5. The zero-order valence-electron chi connectivity index (χ0n) is 20.1. The fourth-order valence-corrected chi connectivity index (χ4v) is 3.98. The Morgan fingerprint density at radius 3 is 2.36 bits per heavy atom. The van der Waals surface area contributed by atoms with Crippen molar-refractivity contribution < 1.29 is 19.8 Å². The molecule has 188 valence electrons. The first-order valence-electron chi connectivity index (χ1n) is 11.9. The van der Waals surface area contributed by atoms with Crippen molar-refractivity contribution in [1.29, 1.82) is 0 Å². The van der Waals surface area contributed by atoms with Crippen LogP contribution in [0.15, 0.2) is 54.6 Å². The second kappa shape index (κ2) is 11.4. The second-order valence-electron chi connectivity index (χ2n) is 8.58. The molecule has 1 fully saturated rings. The SMILES string of the molecule is CC(=O)NCCNc1cc(N2CCN(C(=O)Cc3ccc(O)c(O)c3)CC2)nc(-c2ccccc2)n1. The molecule has 0 unspecified atom stereocenters. The van der Waals surface area contributed by atoms with Crippen molar-refractivity contribution in [1.82, 2.24) is 20.2 Å². The third-order valence-corrected chi connectivity index (χ3v) is 5.90. The summed E-state index contributed by atoms with van der Waals surface area (Å²) >= 11 is 0. The summed E-state index contributed by atoms with van der Waals surface area (Å²) in [6.45, 7) is 4.80. The van der Waals surface area contributed by atoms with Crippen LogP contribution in [-0.4, -0.2) is 76.2 Å². The molecule has 0 aliphatic carbocycles. The van der Waals surface area contributed by atoms with Gasteiger partial charge in [-0.3, -0.25) is 9.59 Å². The fraction of sp³-hybridized carbons (Fsp3) is 0.308. The van der Waals surface area contributed by atoms with E-state index in [1.807, 2.05) is 36.4 Å². The molecule has 0 saturated carbocycles. The average Bonchev–Trinajstić information content (AvgIpc) is 2.89. The van der Waals surface area contributed by atoms with Crippen molar-refractivity contribution in [3.05, 3.63) is 60.2 Å².